The maximum Gasteiger partial charge on any atom is 0.252 e. The van der Waals surface area contributed by atoms with Gasteiger partial charge in [-0.2, -0.15) is 0 Å². The SMILES string of the molecule is CC(C)(C)c1cc(-c2ccccc2)c(N2c3cc(N(c4ccccc4)c4ccc(-n5c6ccccc6c6ccccc65)cc4)ccc3B3c4ccc(-c5ccccc5)cc4N(c4cc(-c5ccccc5)cc(-c5ccccc5)c4)c4cc(-n5c6ccccc6c6ccccc65)cc2c43)c(-c2ccccc2)c1. The van der Waals surface area contributed by atoms with Crippen LogP contribution >= 0.6 is 0 Å². The van der Waals surface area contributed by atoms with E-state index in [4.69, 9.17) is 0 Å². The van der Waals surface area contributed by atoms with Gasteiger partial charge in [0.1, 0.15) is 0 Å². The molecule has 0 radical (unpaired) electrons. The Bertz CT molecular complexity index is 6200. The Hall–Kier alpha value is -13.4. The molecule has 16 aromatic carbocycles. The van der Waals surface area contributed by atoms with E-state index in [1.807, 2.05) is 0 Å². The van der Waals surface area contributed by atoms with Gasteiger partial charge in [0.05, 0.1) is 33.4 Å². The van der Waals surface area contributed by atoms with Gasteiger partial charge in [0.25, 0.3) is 6.71 Å². The summed E-state index contributed by atoms with van der Waals surface area (Å²) in [7, 11) is 0. The summed E-state index contributed by atoms with van der Waals surface area (Å²) in [6.07, 6.45) is 0. The van der Waals surface area contributed by atoms with E-state index in [1.165, 1.54) is 54.5 Å². The van der Waals surface area contributed by atoms with Gasteiger partial charge in [-0.1, -0.05) is 282 Å². The van der Waals surface area contributed by atoms with Crippen LogP contribution in [-0.4, -0.2) is 15.8 Å². The summed E-state index contributed by atoms with van der Waals surface area (Å²) in [5, 5.41) is 4.87. The maximum atomic E-state index is 2.70. The molecule has 2 aliphatic rings. The van der Waals surface area contributed by atoms with Crippen LogP contribution in [-0.2, 0) is 5.41 Å². The van der Waals surface area contributed by atoms with Gasteiger partial charge in [-0.3, -0.25) is 0 Å². The van der Waals surface area contributed by atoms with Crippen LogP contribution in [0, 0.1) is 0 Å². The first-order valence-corrected chi connectivity index (χ1v) is 36.8. The maximum absolute atomic E-state index is 2.70. The first kappa shape index (κ1) is 62.4. The quantitative estimate of drug-likeness (QED) is 0.114. The normalized spacial score (nSPS) is 12.4. The lowest BCUT2D eigenvalue weighted by Gasteiger charge is -2.46. The summed E-state index contributed by atoms with van der Waals surface area (Å²) in [6, 6.07) is 143. The number of aromatic nitrogens is 2. The zero-order valence-electron chi connectivity index (χ0n) is 59.2. The van der Waals surface area contributed by atoms with E-state index in [9.17, 15) is 0 Å². The average Bonchev–Trinajstić information content (AvgIpc) is 0.710. The minimum absolute atomic E-state index is 0.220. The van der Waals surface area contributed by atoms with Gasteiger partial charge in [-0.15, -0.1) is 0 Å². The van der Waals surface area contributed by atoms with Crippen LogP contribution in [0.4, 0.5) is 51.2 Å². The van der Waals surface area contributed by atoms with Crippen LogP contribution in [0.2, 0.25) is 0 Å². The highest BCUT2D eigenvalue weighted by atomic mass is 15.2. The van der Waals surface area contributed by atoms with E-state index in [-0.39, 0.29) is 12.1 Å². The number of hydrogen-bond acceptors (Lipinski definition) is 3. The smallest absolute Gasteiger partial charge is 0.252 e. The Morgan fingerprint density at radius 3 is 1.10 bits per heavy atom. The minimum atomic E-state index is -0.260. The van der Waals surface area contributed by atoms with Crippen LogP contribution in [0.1, 0.15) is 26.3 Å². The van der Waals surface area contributed by atoms with Crippen molar-refractivity contribution in [1.82, 2.24) is 9.13 Å². The van der Waals surface area contributed by atoms with Crippen molar-refractivity contribution in [3.05, 3.63) is 388 Å². The monoisotopic (exact) mass is 1350 g/mol. The lowest BCUT2D eigenvalue weighted by atomic mass is 9.33. The Labute approximate surface area is 618 Å². The molecule has 500 valence electrons. The second-order valence-electron chi connectivity index (χ2n) is 29.2. The number of hydrogen-bond donors (Lipinski definition) is 0. The third kappa shape index (κ3) is 10.4. The molecule has 0 spiro atoms. The average molecular weight is 1350 g/mol. The van der Waals surface area contributed by atoms with Crippen LogP contribution in [0.15, 0.2) is 382 Å². The van der Waals surface area contributed by atoms with Crippen LogP contribution in [0.25, 0.3) is 111 Å². The van der Waals surface area contributed by atoms with Crippen molar-refractivity contribution in [3.8, 4) is 67.0 Å². The molecule has 2 aromatic heterocycles. The molecule has 106 heavy (non-hydrogen) atoms. The van der Waals surface area contributed by atoms with E-state index < -0.39 is 0 Å². The predicted molar refractivity (Wildman–Crippen MR) is 450 cm³/mol. The van der Waals surface area contributed by atoms with Crippen LogP contribution in [0.3, 0.4) is 0 Å². The Kier molecular flexibility index (Phi) is 14.8. The summed E-state index contributed by atoms with van der Waals surface area (Å²) < 4.78 is 4.94. The van der Waals surface area contributed by atoms with E-state index in [0.717, 1.165) is 129 Å². The first-order valence-electron chi connectivity index (χ1n) is 36.8. The molecule has 0 amide bonds. The zero-order chi connectivity index (χ0) is 70.6. The third-order valence-corrected chi connectivity index (χ3v) is 22.0. The van der Waals surface area contributed by atoms with E-state index in [1.54, 1.807) is 0 Å². The van der Waals surface area contributed by atoms with Crippen molar-refractivity contribution in [3.63, 3.8) is 0 Å². The number of nitrogens with zero attached hydrogens (tertiary/aromatic N) is 5. The molecule has 18 aromatic rings. The number of fused-ring (bicyclic) bond motifs is 10. The molecule has 0 fully saturated rings. The van der Waals surface area contributed by atoms with Crippen molar-refractivity contribution in [2.45, 2.75) is 26.2 Å². The van der Waals surface area contributed by atoms with Gasteiger partial charge in [-0.05, 0) is 193 Å². The van der Waals surface area contributed by atoms with Gasteiger partial charge in [0.2, 0.25) is 0 Å². The van der Waals surface area contributed by atoms with Gasteiger partial charge in [-0.25, -0.2) is 0 Å². The fourth-order valence-electron chi connectivity index (χ4n) is 17.1. The van der Waals surface area contributed by atoms with E-state index >= 15 is 0 Å². The molecular formula is C100H72BN5. The molecule has 5 nitrogen and oxygen atoms in total. The Balaban J connectivity index is 0.929. The second kappa shape index (κ2) is 25.2. The van der Waals surface area contributed by atoms with Gasteiger partial charge in [0.15, 0.2) is 0 Å². The van der Waals surface area contributed by atoms with E-state index in [2.05, 4.69) is 427 Å². The molecule has 0 bridgehead atoms. The summed E-state index contributed by atoms with van der Waals surface area (Å²) in [5.41, 5.74) is 32.5. The number of para-hydroxylation sites is 5. The molecule has 0 saturated heterocycles. The van der Waals surface area contributed by atoms with Crippen LogP contribution in [0.5, 0.6) is 0 Å². The van der Waals surface area contributed by atoms with Crippen LogP contribution < -0.4 is 31.1 Å². The lowest BCUT2D eigenvalue weighted by Crippen LogP contribution is -2.61. The molecule has 0 aliphatic carbocycles. The summed E-state index contributed by atoms with van der Waals surface area (Å²) >= 11 is 0. The summed E-state index contributed by atoms with van der Waals surface area (Å²) in [4.78, 5) is 7.79. The molecular weight excluding hydrogens is 1280 g/mol. The number of rotatable bonds is 12. The summed E-state index contributed by atoms with van der Waals surface area (Å²) in [5.74, 6) is 0. The molecule has 20 rings (SSSR count). The molecule has 4 heterocycles. The number of benzene rings is 16. The Morgan fingerprint density at radius 1 is 0.255 bits per heavy atom. The lowest BCUT2D eigenvalue weighted by molar-refractivity contribution is 0.591. The number of anilines is 9. The predicted octanol–water partition coefficient (Wildman–Crippen LogP) is 25.1. The molecule has 0 saturated carbocycles. The first-order chi connectivity index (χ1) is 52.2. The molecule has 6 heteroatoms. The Morgan fingerprint density at radius 2 is 0.632 bits per heavy atom. The van der Waals surface area contributed by atoms with E-state index in [0.29, 0.717) is 0 Å². The highest BCUT2D eigenvalue weighted by Gasteiger charge is 2.46. The van der Waals surface area contributed by atoms with Crippen molar-refractivity contribution in [2.24, 2.45) is 0 Å². The van der Waals surface area contributed by atoms with Gasteiger partial charge >= 0.3 is 0 Å². The minimum Gasteiger partial charge on any atom is -0.311 e. The topological polar surface area (TPSA) is 19.6 Å². The molecule has 0 unspecified atom stereocenters. The van der Waals surface area contributed by atoms with Crippen molar-refractivity contribution in [2.75, 3.05) is 14.7 Å². The fraction of sp³-hybridized carbons (Fsp3) is 0.0400. The fourth-order valence-corrected chi connectivity index (χ4v) is 17.1. The third-order valence-electron chi connectivity index (χ3n) is 22.0. The van der Waals surface area contributed by atoms with Crippen molar-refractivity contribution >= 4 is 118 Å². The highest BCUT2D eigenvalue weighted by Crippen LogP contribution is 2.54. The molecule has 0 atom stereocenters. The second-order valence-corrected chi connectivity index (χ2v) is 29.2. The zero-order valence-corrected chi connectivity index (χ0v) is 59.2. The summed E-state index contributed by atoms with van der Waals surface area (Å²) in [6.45, 7) is 6.79. The largest absolute Gasteiger partial charge is 0.311 e. The highest BCUT2D eigenvalue weighted by molar-refractivity contribution is 7.00. The molecule has 2 aliphatic heterocycles. The van der Waals surface area contributed by atoms with Gasteiger partial charge < -0.3 is 23.8 Å². The van der Waals surface area contributed by atoms with Crippen molar-refractivity contribution < 1.29 is 0 Å². The standard InChI is InChI=1S/C100H72BN5/c1-100(2,3)75-62-86(70-36-16-7-17-37-70)99(87(63-75)71-38-18-8-19-39-71)106-95-64-79(102(76-40-20-9-21-41-76)77-51-53-78(54-52-77)103-90-46-26-22-42-82(90)83-43-23-27-47-91(83)103)55-57-89(95)101-88-56-50-72(67-30-10-4-11-31-67)61-94(88)105(80-59-73(68-32-12-5-13-33-68)58-74(60-80)69-34-14-6-15-35-69)96-65-81(66-97(106)98(96)101)104-92-48-28-24-44-84(92)85-45-25-29-49-93(85)104/h4-66H,1-3H3. The van der Waals surface area contributed by atoms with Gasteiger partial charge in [0, 0.05) is 83.9 Å². The van der Waals surface area contributed by atoms with Crippen molar-refractivity contribution in [1.29, 1.82) is 0 Å². The molecule has 0 N–H and O–H groups in total.